The second-order valence-corrected chi connectivity index (χ2v) is 7.24. The summed E-state index contributed by atoms with van der Waals surface area (Å²) in [7, 11) is 2.41. The summed E-state index contributed by atoms with van der Waals surface area (Å²) in [5.41, 5.74) is 0. The second kappa shape index (κ2) is 7.51. The zero-order valence-electron chi connectivity index (χ0n) is 16.2. The van der Waals surface area contributed by atoms with Crippen LogP contribution in [-0.4, -0.2) is 73.7 Å². The number of esters is 2. The molecule has 0 N–H and O–H groups in total. The van der Waals surface area contributed by atoms with Gasteiger partial charge < -0.3 is 28.4 Å². The van der Waals surface area contributed by atoms with Crippen molar-refractivity contribution in [1.82, 2.24) is 0 Å². The maximum Gasteiger partial charge on any atom is 0.338 e. The van der Waals surface area contributed by atoms with Gasteiger partial charge >= 0.3 is 11.9 Å². The lowest BCUT2D eigenvalue weighted by Crippen LogP contribution is -2.45. The minimum atomic E-state index is -1.16. The monoisotopic (exact) mass is 400 g/mol. The highest BCUT2D eigenvalue weighted by atomic mass is 16.8. The van der Waals surface area contributed by atoms with Crippen molar-refractivity contribution in [2.75, 3.05) is 14.2 Å². The lowest BCUT2D eigenvalue weighted by atomic mass is 9.89. The van der Waals surface area contributed by atoms with E-state index >= 15 is 0 Å². The number of ether oxygens (including phenoxy) is 6. The molecule has 1 aliphatic carbocycles. The van der Waals surface area contributed by atoms with Gasteiger partial charge in [-0.15, -0.1) is 0 Å². The molecule has 0 bridgehead atoms. The Morgan fingerprint density at radius 1 is 0.643 bits per heavy atom. The summed E-state index contributed by atoms with van der Waals surface area (Å²) in [6.45, 7) is 2.63. The average molecular weight is 400 g/mol. The van der Waals surface area contributed by atoms with E-state index < -0.39 is 47.9 Å². The molecule has 2 aliphatic heterocycles. The largest absolute Gasteiger partial charge is 0.467 e. The predicted molar refractivity (Wildman–Crippen MR) is 88.8 cm³/mol. The van der Waals surface area contributed by atoms with Crippen LogP contribution in [0.5, 0.6) is 0 Å². The van der Waals surface area contributed by atoms with Crippen LogP contribution in [0.2, 0.25) is 0 Å². The molecule has 3 rings (SSSR count). The van der Waals surface area contributed by atoms with Crippen LogP contribution in [0, 0.1) is 0 Å². The predicted octanol–water partition coefficient (Wildman–Crippen LogP) is 0.0450. The molecular weight excluding hydrogens is 376 g/mol. The third kappa shape index (κ3) is 3.57. The zero-order chi connectivity index (χ0) is 20.7. The number of methoxy groups -OCH3 is 2. The standard InChI is InChI=1S/C18H24O10/c1-9(19)11-13(15(21)23-3)27-17(25-11)5-7-18(8-6-17)26-12(10(2)20)14(28-18)16(22)24-4/h11-14H,5-8H2,1-4H3/t11-,12-,13+,14+,17?,18?/m0/s1. The van der Waals surface area contributed by atoms with E-state index in [0.717, 1.165) is 0 Å². The number of carbonyl (C=O) groups excluding carboxylic acids is 4. The summed E-state index contributed by atoms with van der Waals surface area (Å²) in [4.78, 5) is 47.7. The fourth-order valence-electron chi connectivity index (χ4n) is 3.88. The summed E-state index contributed by atoms with van der Waals surface area (Å²) in [6, 6.07) is 0. The highest BCUT2D eigenvalue weighted by Crippen LogP contribution is 2.49. The van der Waals surface area contributed by atoms with Crippen molar-refractivity contribution in [2.24, 2.45) is 0 Å². The van der Waals surface area contributed by atoms with E-state index in [-0.39, 0.29) is 37.2 Å². The van der Waals surface area contributed by atoms with Crippen molar-refractivity contribution in [3.8, 4) is 0 Å². The van der Waals surface area contributed by atoms with Crippen molar-refractivity contribution in [3.05, 3.63) is 0 Å². The van der Waals surface area contributed by atoms with Crippen molar-refractivity contribution in [1.29, 1.82) is 0 Å². The maximum absolute atomic E-state index is 12.0. The maximum atomic E-state index is 12.0. The number of carbonyl (C=O) groups is 4. The first-order chi connectivity index (χ1) is 13.2. The molecule has 156 valence electrons. The molecule has 0 amide bonds. The smallest absolute Gasteiger partial charge is 0.338 e. The molecule has 3 aliphatic rings. The van der Waals surface area contributed by atoms with Gasteiger partial charge in [0.2, 0.25) is 0 Å². The van der Waals surface area contributed by atoms with Gasteiger partial charge in [-0.1, -0.05) is 0 Å². The summed E-state index contributed by atoms with van der Waals surface area (Å²) >= 11 is 0. The van der Waals surface area contributed by atoms with Crippen LogP contribution < -0.4 is 0 Å². The molecule has 10 nitrogen and oxygen atoms in total. The van der Waals surface area contributed by atoms with Gasteiger partial charge in [-0.3, -0.25) is 9.59 Å². The second-order valence-electron chi connectivity index (χ2n) is 7.24. The fourth-order valence-corrected chi connectivity index (χ4v) is 3.88. The summed E-state index contributed by atoms with van der Waals surface area (Å²) < 4.78 is 32.6. The van der Waals surface area contributed by atoms with Crippen LogP contribution in [-0.2, 0) is 47.6 Å². The zero-order valence-corrected chi connectivity index (χ0v) is 16.2. The molecule has 2 spiro atoms. The van der Waals surface area contributed by atoms with E-state index in [4.69, 9.17) is 28.4 Å². The Kier molecular flexibility index (Phi) is 5.59. The van der Waals surface area contributed by atoms with E-state index in [9.17, 15) is 19.2 Å². The SMILES string of the molecule is COC(=O)[C@@H]1OC2(CCC3(CC2)O[C@@H](C(C)=O)[C@H](C(=O)OC)O3)O[C@H]1C(C)=O. The van der Waals surface area contributed by atoms with Crippen LogP contribution in [0.25, 0.3) is 0 Å². The molecule has 2 heterocycles. The Morgan fingerprint density at radius 3 is 1.18 bits per heavy atom. The number of hydrogen-bond acceptors (Lipinski definition) is 10. The first-order valence-electron chi connectivity index (χ1n) is 9.04. The van der Waals surface area contributed by atoms with Gasteiger partial charge in [-0.25, -0.2) is 9.59 Å². The minimum Gasteiger partial charge on any atom is -0.467 e. The Bertz CT molecular complexity index is 620. The van der Waals surface area contributed by atoms with Crippen LogP contribution >= 0.6 is 0 Å². The van der Waals surface area contributed by atoms with E-state index in [1.54, 1.807) is 0 Å². The highest BCUT2D eigenvalue weighted by molar-refractivity contribution is 5.89. The Morgan fingerprint density at radius 2 is 0.929 bits per heavy atom. The molecule has 10 heteroatoms. The van der Waals surface area contributed by atoms with E-state index in [1.165, 1.54) is 28.1 Å². The van der Waals surface area contributed by atoms with Crippen molar-refractivity contribution in [2.45, 2.75) is 75.5 Å². The van der Waals surface area contributed by atoms with E-state index in [0.29, 0.717) is 0 Å². The Balaban J connectivity index is 1.73. The molecule has 3 fully saturated rings. The highest BCUT2D eigenvalue weighted by Gasteiger charge is 2.60. The van der Waals surface area contributed by atoms with Crippen LogP contribution in [0.4, 0.5) is 0 Å². The summed E-state index contributed by atoms with van der Waals surface area (Å²) in [5, 5.41) is 0. The molecular formula is C18H24O10. The van der Waals surface area contributed by atoms with Crippen molar-refractivity contribution < 1.29 is 47.6 Å². The molecule has 0 aromatic rings. The van der Waals surface area contributed by atoms with Gasteiger partial charge in [-0.05, 0) is 13.8 Å². The van der Waals surface area contributed by atoms with Gasteiger partial charge in [0.25, 0.3) is 0 Å². The van der Waals surface area contributed by atoms with Crippen molar-refractivity contribution >= 4 is 23.5 Å². The number of ketones is 2. The first-order valence-corrected chi connectivity index (χ1v) is 9.04. The van der Waals surface area contributed by atoms with Crippen LogP contribution in [0.1, 0.15) is 39.5 Å². The normalized spacial score (nSPS) is 39.9. The molecule has 2 saturated heterocycles. The summed E-state index contributed by atoms with van der Waals surface area (Å²) in [5.74, 6) is -4.39. The average Bonchev–Trinajstić information content (AvgIpc) is 3.23. The van der Waals surface area contributed by atoms with Gasteiger partial charge in [-0.2, -0.15) is 0 Å². The third-order valence-electron chi connectivity index (χ3n) is 5.36. The number of rotatable bonds is 4. The van der Waals surface area contributed by atoms with E-state index in [1.807, 2.05) is 0 Å². The van der Waals surface area contributed by atoms with Gasteiger partial charge in [0.15, 0.2) is 47.6 Å². The number of hydrogen-bond donors (Lipinski definition) is 0. The molecule has 0 radical (unpaired) electrons. The molecule has 0 aromatic heterocycles. The fraction of sp³-hybridized carbons (Fsp3) is 0.778. The molecule has 4 atom stereocenters. The topological polar surface area (TPSA) is 124 Å². The van der Waals surface area contributed by atoms with E-state index in [2.05, 4.69) is 0 Å². The van der Waals surface area contributed by atoms with Crippen LogP contribution in [0.15, 0.2) is 0 Å². The molecule has 0 unspecified atom stereocenters. The quantitative estimate of drug-likeness (QED) is 0.598. The number of Topliss-reactive ketones (excluding diaryl/α,β-unsaturated/α-hetero) is 2. The molecule has 28 heavy (non-hydrogen) atoms. The third-order valence-corrected chi connectivity index (χ3v) is 5.36. The lowest BCUT2D eigenvalue weighted by Gasteiger charge is -2.40. The van der Waals surface area contributed by atoms with Gasteiger partial charge in [0.05, 0.1) is 14.2 Å². The molecule has 1 saturated carbocycles. The van der Waals surface area contributed by atoms with Gasteiger partial charge in [0, 0.05) is 25.7 Å². The first kappa shape index (κ1) is 20.8. The molecule has 0 aromatic carbocycles. The van der Waals surface area contributed by atoms with Crippen LogP contribution in [0.3, 0.4) is 0 Å². The Hall–Kier alpha value is -1.88. The van der Waals surface area contributed by atoms with Crippen molar-refractivity contribution in [3.63, 3.8) is 0 Å². The lowest BCUT2D eigenvalue weighted by molar-refractivity contribution is -0.263. The van der Waals surface area contributed by atoms with Gasteiger partial charge in [0.1, 0.15) is 0 Å². The Labute approximate surface area is 161 Å². The minimum absolute atomic E-state index is 0.239. The summed E-state index contributed by atoms with van der Waals surface area (Å²) in [6.07, 6.45) is -3.44.